The normalized spacial score (nSPS) is 26.7. The number of urea groups is 1. The predicted molar refractivity (Wildman–Crippen MR) is 81.2 cm³/mol. The Bertz CT molecular complexity index is 373. The number of rotatable bonds is 4. The highest BCUT2D eigenvalue weighted by atomic mass is 16.4. The van der Waals surface area contributed by atoms with E-state index >= 15 is 0 Å². The average Bonchev–Trinajstić information content (AvgIpc) is 2.52. The number of carbonyl (C=O) groups is 2. The molecule has 0 aliphatic carbocycles. The number of likely N-dealkylation sites (tertiary alicyclic amines) is 2. The van der Waals surface area contributed by atoms with Gasteiger partial charge in [0.05, 0.1) is 0 Å². The molecule has 0 radical (unpaired) electrons. The van der Waals surface area contributed by atoms with E-state index in [9.17, 15) is 9.59 Å². The zero-order chi connectivity index (χ0) is 15.2. The van der Waals surface area contributed by atoms with Crippen molar-refractivity contribution in [2.24, 2.45) is 0 Å². The van der Waals surface area contributed by atoms with Crippen molar-refractivity contribution in [2.75, 3.05) is 13.1 Å². The van der Waals surface area contributed by atoms with Gasteiger partial charge in [0.2, 0.25) is 0 Å². The lowest BCUT2D eigenvalue weighted by atomic mass is 9.97. The van der Waals surface area contributed by atoms with Crippen molar-refractivity contribution >= 4 is 12.0 Å². The summed E-state index contributed by atoms with van der Waals surface area (Å²) in [6, 6.07) is 0.631. The first-order chi connectivity index (χ1) is 10.1. The van der Waals surface area contributed by atoms with Crippen LogP contribution < -0.4 is 0 Å². The molecule has 5 nitrogen and oxygen atoms in total. The molecular weight excluding hydrogens is 268 g/mol. The fraction of sp³-hybridized carbons (Fsp3) is 0.875. The van der Waals surface area contributed by atoms with Crippen molar-refractivity contribution in [3.05, 3.63) is 0 Å². The molecule has 2 amide bonds. The van der Waals surface area contributed by atoms with E-state index in [1.165, 1.54) is 6.42 Å². The highest BCUT2D eigenvalue weighted by Gasteiger charge is 2.33. The van der Waals surface area contributed by atoms with Gasteiger partial charge in [-0.15, -0.1) is 0 Å². The van der Waals surface area contributed by atoms with Crippen LogP contribution in [-0.2, 0) is 4.79 Å². The van der Waals surface area contributed by atoms with Gasteiger partial charge in [-0.25, -0.2) is 4.79 Å². The molecule has 2 rings (SSSR count). The van der Waals surface area contributed by atoms with Crippen LogP contribution in [-0.4, -0.2) is 52.1 Å². The van der Waals surface area contributed by atoms with Crippen LogP contribution in [0.4, 0.5) is 4.79 Å². The molecule has 2 fully saturated rings. The van der Waals surface area contributed by atoms with Crippen LogP contribution in [0.2, 0.25) is 0 Å². The molecule has 0 spiro atoms. The van der Waals surface area contributed by atoms with E-state index in [-0.39, 0.29) is 18.5 Å². The molecule has 1 N–H and O–H groups in total. The fourth-order valence-corrected chi connectivity index (χ4v) is 3.68. The van der Waals surface area contributed by atoms with E-state index in [1.807, 2.05) is 9.80 Å². The first kappa shape index (κ1) is 16.1. The van der Waals surface area contributed by atoms with Crippen LogP contribution >= 0.6 is 0 Å². The molecule has 2 saturated heterocycles. The molecular formula is C16H28N2O3. The summed E-state index contributed by atoms with van der Waals surface area (Å²) in [5.74, 6) is -0.766. The van der Waals surface area contributed by atoms with E-state index in [4.69, 9.17) is 5.11 Å². The van der Waals surface area contributed by atoms with Gasteiger partial charge in [0.1, 0.15) is 0 Å². The molecule has 2 heterocycles. The highest BCUT2D eigenvalue weighted by molar-refractivity contribution is 5.75. The van der Waals surface area contributed by atoms with Gasteiger partial charge in [-0.2, -0.15) is 0 Å². The Morgan fingerprint density at radius 3 is 2.14 bits per heavy atom. The first-order valence-corrected chi connectivity index (χ1v) is 8.42. The number of aliphatic carboxylic acids is 1. The maximum absolute atomic E-state index is 12.9. The molecule has 0 saturated carbocycles. The van der Waals surface area contributed by atoms with Gasteiger partial charge in [0.25, 0.3) is 0 Å². The summed E-state index contributed by atoms with van der Waals surface area (Å²) in [5, 5.41) is 8.88. The minimum absolute atomic E-state index is 0.113. The molecule has 2 atom stereocenters. The van der Waals surface area contributed by atoms with Crippen LogP contribution in [0.25, 0.3) is 0 Å². The number of amides is 2. The van der Waals surface area contributed by atoms with Crippen molar-refractivity contribution in [2.45, 2.75) is 76.8 Å². The third-order valence-electron chi connectivity index (χ3n) is 4.91. The maximum atomic E-state index is 12.9. The van der Waals surface area contributed by atoms with Crippen LogP contribution in [0.1, 0.15) is 64.7 Å². The second kappa shape index (κ2) is 7.66. The molecule has 2 unspecified atom stereocenters. The fourth-order valence-electron chi connectivity index (χ4n) is 3.68. The number of hydrogen-bond acceptors (Lipinski definition) is 2. The number of nitrogens with zero attached hydrogens (tertiary/aromatic N) is 2. The van der Waals surface area contributed by atoms with Crippen LogP contribution in [0, 0.1) is 0 Å². The number of carboxylic acids is 1. The summed E-state index contributed by atoms with van der Waals surface area (Å²) >= 11 is 0. The number of piperidine rings is 2. The third kappa shape index (κ3) is 4.11. The van der Waals surface area contributed by atoms with Crippen molar-refractivity contribution in [1.82, 2.24) is 9.80 Å². The Morgan fingerprint density at radius 1 is 1.00 bits per heavy atom. The van der Waals surface area contributed by atoms with Crippen LogP contribution in [0.5, 0.6) is 0 Å². The lowest BCUT2D eigenvalue weighted by Crippen LogP contribution is -2.54. The maximum Gasteiger partial charge on any atom is 0.320 e. The summed E-state index contributed by atoms with van der Waals surface area (Å²) < 4.78 is 0. The Kier molecular flexibility index (Phi) is 5.88. The van der Waals surface area contributed by atoms with Gasteiger partial charge in [0, 0.05) is 31.6 Å². The lowest BCUT2D eigenvalue weighted by Gasteiger charge is -2.43. The van der Waals surface area contributed by atoms with E-state index in [1.54, 1.807) is 0 Å². The van der Waals surface area contributed by atoms with Crippen molar-refractivity contribution in [1.29, 1.82) is 0 Å². The summed E-state index contributed by atoms with van der Waals surface area (Å²) in [6.07, 6.45) is 8.27. The highest BCUT2D eigenvalue weighted by Crippen LogP contribution is 2.26. The lowest BCUT2D eigenvalue weighted by molar-refractivity contribution is -0.137. The SMILES string of the molecule is CCC1CCCCN1C(=O)N1CCCCC1CCC(=O)O. The summed E-state index contributed by atoms with van der Waals surface area (Å²) in [7, 11) is 0. The van der Waals surface area contributed by atoms with Gasteiger partial charge >= 0.3 is 12.0 Å². The molecule has 5 heteroatoms. The van der Waals surface area contributed by atoms with E-state index < -0.39 is 5.97 Å². The van der Waals surface area contributed by atoms with Gasteiger partial charge in [-0.1, -0.05) is 6.92 Å². The number of carboxylic acid groups (broad SMARTS) is 1. The van der Waals surface area contributed by atoms with Crippen molar-refractivity contribution < 1.29 is 14.7 Å². The molecule has 0 aromatic carbocycles. The van der Waals surface area contributed by atoms with Crippen molar-refractivity contribution in [3.8, 4) is 0 Å². The minimum Gasteiger partial charge on any atom is -0.481 e. The number of carbonyl (C=O) groups excluding carboxylic acids is 1. The van der Waals surface area contributed by atoms with Gasteiger partial charge in [-0.05, 0) is 51.4 Å². The van der Waals surface area contributed by atoms with Gasteiger partial charge < -0.3 is 14.9 Å². The molecule has 21 heavy (non-hydrogen) atoms. The Balaban J connectivity index is 2.01. The summed E-state index contributed by atoms with van der Waals surface area (Å²) in [6.45, 7) is 3.80. The molecule has 2 aliphatic heterocycles. The summed E-state index contributed by atoms with van der Waals surface area (Å²) in [4.78, 5) is 27.7. The van der Waals surface area contributed by atoms with Crippen molar-refractivity contribution in [3.63, 3.8) is 0 Å². The first-order valence-electron chi connectivity index (χ1n) is 8.42. The second-order valence-corrected chi connectivity index (χ2v) is 6.31. The predicted octanol–water partition coefficient (Wildman–Crippen LogP) is 3.09. The van der Waals surface area contributed by atoms with Crippen LogP contribution in [0.15, 0.2) is 0 Å². The number of hydrogen-bond donors (Lipinski definition) is 1. The molecule has 0 aromatic heterocycles. The molecule has 0 aromatic rings. The van der Waals surface area contributed by atoms with E-state index in [0.717, 1.165) is 51.6 Å². The Morgan fingerprint density at radius 2 is 1.57 bits per heavy atom. The molecule has 0 bridgehead atoms. The topological polar surface area (TPSA) is 60.9 Å². The minimum atomic E-state index is -0.766. The standard InChI is InChI=1S/C16H28N2O3/c1-2-13-7-3-5-11-17(13)16(21)18-12-6-4-8-14(18)9-10-15(19)20/h13-14H,2-12H2,1H3,(H,19,20). The Hall–Kier alpha value is -1.26. The van der Waals surface area contributed by atoms with E-state index in [2.05, 4.69) is 6.92 Å². The summed E-state index contributed by atoms with van der Waals surface area (Å²) in [5.41, 5.74) is 0. The van der Waals surface area contributed by atoms with Gasteiger partial charge in [-0.3, -0.25) is 4.79 Å². The molecule has 2 aliphatic rings. The average molecular weight is 296 g/mol. The van der Waals surface area contributed by atoms with Crippen LogP contribution in [0.3, 0.4) is 0 Å². The smallest absolute Gasteiger partial charge is 0.320 e. The quantitative estimate of drug-likeness (QED) is 0.867. The van der Waals surface area contributed by atoms with Gasteiger partial charge in [0.15, 0.2) is 0 Å². The zero-order valence-corrected chi connectivity index (χ0v) is 13.1. The Labute approximate surface area is 127 Å². The largest absolute Gasteiger partial charge is 0.481 e. The zero-order valence-electron chi connectivity index (χ0n) is 13.1. The third-order valence-corrected chi connectivity index (χ3v) is 4.91. The molecule has 120 valence electrons. The van der Waals surface area contributed by atoms with E-state index in [0.29, 0.717) is 12.5 Å². The second-order valence-electron chi connectivity index (χ2n) is 6.31. The monoisotopic (exact) mass is 296 g/mol.